The summed E-state index contributed by atoms with van der Waals surface area (Å²) < 4.78 is 0. The summed E-state index contributed by atoms with van der Waals surface area (Å²) in [5.41, 5.74) is 21.0. The molecule has 2 aliphatic rings. The molecule has 332 valence electrons. The molecule has 10 aromatic rings. The van der Waals surface area contributed by atoms with E-state index in [0.29, 0.717) is 0 Å². The Kier molecular flexibility index (Phi) is 10.4. The summed E-state index contributed by atoms with van der Waals surface area (Å²) in [5, 5.41) is 2.34. The molecule has 0 fully saturated rings. The molecule has 0 spiro atoms. The summed E-state index contributed by atoms with van der Waals surface area (Å²) in [4.78, 5) is 4.57. The minimum atomic E-state index is -0.182. The van der Waals surface area contributed by atoms with Crippen LogP contribution in [-0.4, -0.2) is 0 Å². The Labute approximate surface area is 412 Å². The lowest BCUT2D eigenvalue weighted by Crippen LogP contribution is -2.17. The summed E-state index contributed by atoms with van der Waals surface area (Å²) in [6.45, 7) is 9.45. The normalized spacial score (nSPS) is 13.1. The van der Waals surface area contributed by atoms with Crippen molar-refractivity contribution in [2.75, 3.05) is 9.80 Å². The molecule has 0 saturated heterocycles. The summed E-state index contributed by atoms with van der Waals surface area (Å²) in [6, 6.07) is 82.4. The molecular weight excluding hydrogens is 845 g/mol. The first kappa shape index (κ1) is 42.5. The maximum atomic E-state index is 3.54. The van der Waals surface area contributed by atoms with E-state index in [1.807, 2.05) is 0 Å². The fraction of sp³-hybridized carbons (Fsp3) is 0.0882. The third-order valence-corrected chi connectivity index (χ3v) is 14.4. The molecule has 0 amide bonds. The van der Waals surface area contributed by atoms with Crippen molar-refractivity contribution in [3.8, 4) is 45.9 Å². The van der Waals surface area contributed by atoms with Crippen LogP contribution in [-0.2, 0) is 10.8 Å². The Balaban J connectivity index is 0.790. The van der Waals surface area contributed by atoms with Gasteiger partial charge in [-0.25, -0.2) is 0 Å². The summed E-state index contributed by atoms with van der Waals surface area (Å²) >= 11 is 0. The fourth-order valence-corrected chi connectivity index (χ4v) is 10.8. The van der Waals surface area contributed by atoms with Gasteiger partial charge in [0.2, 0.25) is 0 Å². The van der Waals surface area contributed by atoms with Gasteiger partial charge in [-0.3, -0.25) is 0 Å². The smallest absolute Gasteiger partial charge is 0.0468 e. The van der Waals surface area contributed by atoms with Crippen molar-refractivity contribution in [2.45, 2.75) is 38.5 Å². The van der Waals surface area contributed by atoms with Crippen molar-refractivity contribution in [3.05, 3.63) is 275 Å². The number of hydrogen-bond donors (Lipinski definition) is 0. The Hall–Kier alpha value is -8.82. The van der Waals surface area contributed by atoms with E-state index in [9.17, 15) is 0 Å². The van der Waals surface area contributed by atoms with Crippen LogP contribution in [0.5, 0.6) is 0 Å². The van der Waals surface area contributed by atoms with E-state index in [-0.39, 0.29) is 10.8 Å². The van der Waals surface area contributed by atoms with Gasteiger partial charge in [0.15, 0.2) is 0 Å². The first-order valence-electron chi connectivity index (χ1n) is 24.2. The van der Waals surface area contributed by atoms with Crippen LogP contribution in [0.15, 0.2) is 231 Å². The van der Waals surface area contributed by atoms with Gasteiger partial charge < -0.3 is 9.80 Å². The monoisotopic (exact) mass is 894 g/mol. The van der Waals surface area contributed by atoms with Gasteiger partial charge in [0.25, 0.3) is 0 Å². The third kappa shape index (κ3) is 7.52. The Morgan fingerprint density at radius 3 is 1.03 bits per heavy atom. The van der Waals surface area contributed by atoms with Gasteiger partial charge in [0, 0.05) is 67.2 Å². The van der Waals surface area contributed by atoms with Crippen molar-refractivity contribution in [3.63, 3.8) is 0 Å². The number of benzene rings is 10. The minimum absolute atomic E-state index is 0.180. The first-order chi connectivity index (χ1) is 34.2. The lowest BCUT2D eigenvalue weighted by atomic mass is 9.79. The zero-order valence-corrected chi connectivity index (χ0v) is 39.8. The third-order valence-electron chi connectivity index (χ3n) is 14.4. The molecule has 12 rings (SSSR count). The largest absolute Gasteiger partial charge is 0.311 e. The van der Waals surface area contributed by atoms with Crippen LogP contribution < -0.4 is 9.80 Å². The maximum Gasteiger partial charge on any atom is 0.0468 e. The first-order valence-corrected chi connectivity index (χ1v) is 24.2. The van der Waals surface area contributed by atoms with Gasteiger partial charge in [-0.2, -0.15) is 0 Å². The van der Waals surface area contributed by atoms with E-state index in [1.54, 1.807) is 0 Å². The van der Waals surface area contributed by atoms with Crippen molar-refractivity contribution in [1.82, 2.24) is 0 Å². The number of anilines is 6. The number of fused-ring (bicyclic) bond motifs is 7. The van der Waals surface area contributed by atoms with E-state index >= 15 is 0 Å². The molecule has 0 atom stereocenters. The van der Waals surface area contributed by atoms with Gasteiger partial charge in [-0.05, 0) is 189 Å². The summed E-state index contributed by atoms with van der Waals surface area (Å²) in [6.07, 6.45) is 0. The molecule has 2 nitrogen and oxygen atoms in total. The minimum Gasteiger partial charge on any atom is -0.311 e. The standard InChI is InChI=1S/C68H50N2/c1-67(2)63-42-49(26-25-47-30-36-57(37-31-47)69(53-17-9-5-10-18-53)54-19-11-6-12-20-54)32-39-59(63)61-45-66-62(46-65(61)67)60-40-33-50(43-64(60)68(66,3)4)28-27-48-29-34-52-44-58(38-35-51(52)41-48)70(55-21-13-7-14-22-55)56-23-15-8-16-24-56/h5-24,29-46H,1-4H3. The molecular formula is C68H50N2. The second kappa shape index (κ2) is 17.1. The zero-order valence-electron chi connectivity index (χ0n) is 39.8. The van der Waals surface area contributed by atoms with Gasteiger partial charge in [-0.15, -0.1) is 0 Å². The molecule has 0 radical (unpaired) electrons. The lowest BCUT2D eigenvalue weighted by molar-refractivity contribution is 0.652. The number of para-hydroxylation sites is 4. The molecule has 0 aliphatic heterocycles. The highest BCUT2D eigenvalue weighted by Gasteiger charge is 2.41. The average molecular weight is 895 g/mol. The molecule has 70 heavy (non-hydrogen) atoms. The molecule has 0 aromatic heterocycles. The van der Waals surface area contributed by atoms with E-state index in [2.05, 4.69) is 292 Å². The predicted octanol–water partition coefficient (Wildman–Crippen LogP) is 17.2. The van der Waals surface area contributed by atoms with Crippen molar-refractivity contribution in [2.24, 2.45) is 0 Å². The molecule has 0 N–H and O–H groups in total. The lowest BCUT2D eigenvalue weighted by Gasteiger charge is -2.25. The molecule has 0 unspecified atom stereocenters. The van der Waals surface area contributed by atoms with Gasteiger partial charge >= 0.3 is 0 Å². The topological polar surface area (TPSA) is 6.48 Å². The molecule has 10 aromatic carbocycles. The van der Waals surface area contributed by atoms with Crippen molar-refractivity contribution in [1.29, 1.82) is 0 Å². The van der Waals surface area contributed by atoms with E-state index < -0.39 is 0 Å². The zero-order chi connectivity index (χ0) is 47.4. The van der Waals surface area contributed by atoms with E-state index in [4.69, 9.17) is 0 Å². The van der Waals surface area contributed by atoms with Crippen LogP contribution in [0.2, 0.25) is 0 Å². The van der Waals surface area contributed by atoms with Crippen LogP contribution in [0, 0.1) is 23.7 Å². The number of rotatable bonds is 6. The molecule has 0 heterocycles. The number of hydrogen-bond acceptors (Lipinski definition) is 2. The molecule has 2 heteroatoms. The molecule has 0 bridgehead atoms. The highest BCUT2D eigenvalue weighted by molar-refractivity contribution is 5.92. The van der Waals surface area contributed by atoms with Crippen LogP contribution in [0.25, 0.3) is 33.0 Å². The average Bonchev–Trinajstić information content (AvgIpc) is 3.76. The van der Waals surface area contributed by atoms with E-state index in [0.717, 1.165) is 56.4 Å². The summed E-state index contributed by atoms with van der Waals surface area (Å²) in [7, 11) is 0. The van der Waals surface area contributed by atoms with Gasteiger partial charge in [0.05, 0.1) is 0 Å². The molecule has 0 saturated carbocycles. The van der Waals surface area contributed by atoms with E-state index in [1.165, 1.54) is 55.3 Å². The fourth-order valence-electron chi connectivity index (χ4n) is 10.8. The Morgan fingerprint density at radius 1 is 0.257 bits per heavy atom. The number of nitrogens with zero attached hydrogens (tertiary/aromatic N) is 2. The van der Waals surface area contributed by atoms with Crippen LogP contribution in [0.3, 0.4) is 0 Å². The quantitative estimate of drug-likeness (QED) is 0.153. The summed E-state index contributed by atoms with van der Waals surface area (Å²) in [5.74, 6) is 14.0. The Morgan fingerprint density at radius 2 is 0.571 bits per heavy atom. The van der Waals surface area contributed by atoms with Crippen LogP contribution >= 0.6 is 0 Å². The molecule has 2 aliphatic carbocycles. The second-order valence-corrected chi connectivity index (χ2v) is 19.5. The predicted molar refractivity (Wildman–Crippen MR) is 293 cm³/mol. The Bertz CT molecular complexity index is 3670. The highest BCUT2D eigenvalue weighted by atomic mass is 15.1. The van der Waals surface area contributed by atoms with Gasteiger partial charge in [0.1, 0.15) is 0 Å². The SMILES string of the molecule is CC1(C)c2cc(C#Cc3ccc(N(c4ccccc4)c4ccccc4)cc3)ccc2-c2cc3c(cc21)-c1ccc(C#Cc2ccc4cc(N(c5ccccc5)c5ccccc5)ccc4c2)cc1C3(C)C. The van der Waals surface area contributed by atoms with Crippen molar-refractivity contribution >= 4 is 44.9 Å². The van der Waals surface area contributed by atoms with Gasteiger partial charge in [-0.1, -0.05) is 148 Å². The van der Waals surface area contributed by atoms with Crippen molar-refractivity contribution < 1.29 is 0 Å². The second-order valence-electron chi connectivity index (χ2n) is 19.5. The maximum absolute atomic E-state index is 3.54. The van der Waals surface area contributed by atoms with Crippen LogP contribution in [0.4, 0.5) is 34.1 Å². The van der Waals surface area contributed by atoms with Crippen LogP contribution in [0.1, 0.15) is 72.2 Å². The highest BCUT2D eigenvalue weighted by Crippen LogP contribution is 2.56.